The fraction of sp³-hybridized carbons (Fsp3) is 0.185. The Balaban J connectivity index is 1.53. The van der Waals surface area contributed by atoms with E-state index in [1.165, 1.54) is 7.11 Å². The predicted molar refractivity (Wildman–Crippen MR) is 139 cm³/mol. The molecule has 0 atom stereocenters. The lowest BCUT2D eigenvalue weighted by Crippen LogP contribution is -2.16. The number of methoxy groups -OCH3 is 1. The molecule has 0 aliphatic rings. The first kappa shape index (κ1) is 26.2. The lowest BCUT2D eigenvalue weighted by molar-refractivity contribution is -0.282. The van der Waals surface area contributed by atoms with Crippen molar-refractivity contribution >= 4 is 34.3 Å². The number of hydrogen-bond donors (Lipinski definition) is 1. The van der Waals surface area contributed by atoms with Crippen LogP contribution in [0.4, 0.5) is 10.5 Å². The number of para-hydroxylation sites is 1. The van der Waals surface area contributed by atoms with Crippen molar-refractivity contribution in [3.63, 3.8) is 0 Å². The number of carbonyl (C=O) groups is 1. The molecule has 37 heavy (non-hydrogen) atoms. The lowest BCUT2D eigenvalue weighted by Gasteiger charge is -2.15. The van der Waals surface area contributed by atoms with Crippen LogP contribution >= 0.6 is 11.6 Å². The Morgan fingerprint density at radius 3 is 2.54 bits per heavy atom. The maximum atomic E-state index is 12.2. The Labute approximate surface area is 218 Å². The number of pyridine rings is 1. The van der Waals surface area contributed by atoms with Gasteiger partial charge in [-0.15, -0.1) is 0 Å². The van der Waals surface area contributed by atoms with Crippen molar-refractivity contribution in [1.82, 2.24) is 4.98 Å². The van der Waals surface area contributed by atoms with Crippen LogP contribution in [0.1, 0.15) is 5.56 Å². The van der Waals surface area contributed by atoms with Crippen molar-refractivity contribution in [2.45, 2.75) is 6.61 Å². The monoisotopic (exact) mass is 524 g/mol. The van der Waals surface area contributed by atoms with Crippen molar-refractivity contribution in [3.05, 3.63) is 83.5 Å². The molecule has 1 heterocycles. The molecular formula is C27H25ClN2O7. The van der Waals surface area contributed by atoms with E-state index in [1.807, 2.05) is 18.2 Å². The van der Waals surface area contributed by atoms with E-state index in [-0.39, 0.29) is 11.6 Å². The molecule has 4 aromatic rings. The highest BCUT2D eigenvalue weighted by molar-refractivity contribution is 6.33. The molecule has 0 saturated carbocycles. The third kappa shape index (κ3) is 7.08. The maximum absolute atomic E-state index is 12.2. The molecule has 4 rings (SSSR count). The summed E-state index contributed by atoms with van der Waals surface area (Å²) < 4.78 is 22.3. The van der Waals surface area contributed by atoms with Gasteiger partial charge in [0, 0.05) is 36.4 Å². The highest BCUT2D eigenvalue weighted by atomic mass is 35.5. The zero-order chi connectivity index (χ0) is 26.0. The average Bonchev–Trinajstić information content (AvgIpc) is 2.90. The fourth-order valence-corrected chi connectivity index (χ4v) is 3.62. The number of nitrogens with one attached hydrogen (secondary N) is 1. The number of ether oxygens (including phenoxy) is 4. The third-order valence-electron chi connectivity index (χ3n) is 5.12. The van der Waals surface area contributed by atoms with Crippen LogP contribution in [0, 0.1) is 0 Å². The van der Waals surface area contributed by atoms with Crippen LogP contribution in [0.5, 0.6) is 23.0 Å². The van der Waals surface area contributed by atoms with Gasteiger partial charge >= 0.3 is 6.09 Å². The summed E-state index contributed by atoms with van der Waals surface area (Å²) >= 11 is 6.40. The minimum absolute atomic E-state index is 0.161. The van der Waals surface area contributed by atoms with Gasteiger partial charge in [-0.2, -0.15) is 0 Å². The first-order valence-electron chi connectivity index (χ1n) is 11.3. The van der Waals surface area contributed by atoms with Crippen LogP contribution in [-0.4, -0.2) is 38.5 Å². The van der Waals surface area contributed by atoms with Gasteiger partial charge in [-0.3, -0.25) is 10.3 Å². The standard InChI is InChI=1S/C27H25ClN2O7/c1-32-12-13-34-26-16-24-21(14-18(26)17-35-33-2)25(10-11-29-24)36-20-8-9-23(22(28)15-20)30-27(31)37-19-6-4-3-5-7-19/h3-11,14-16H,12-13,17H2,1-2H3,(H,30,31). The second kappa shape index (κ2) is 12.9. The molecular weight excluding hydrogens is 500 g/mol. The first-order chi connectivity index (χ1) is 18.1. The molecule has 0 radical (unpaired) electrons. The number of carbonyl (C=O) groups excluding carboxylic acids is 1. The number of benzene rings is 3. The van der Waals surface area contributed by atoms with Crippen LogP contribution in [-0.2, 0) is 21.1 Å². The van der Waals surface area contributed by atoms with Crippen molar-refractivity contribution in [3.8, 4) is 23.0 Å². The summed E-state index contributed by atoms with van der Waals surface area (Å²) in [6.07, 6.45) is 0.982. The summed E-state index contributed by atoms with van der Waals surface area (Å²) in [6, 6.07) is 19.1. The van der Waals surface area contributed by atoms with Crippen LogP contribution in [0.2, 0.25) is 5.02 Å². The van der Waals surface area contributed by atoms with Gasteiger partial charge in [-0.1, -0.05) is 29.8 Å². The van der Waals surface area contributed by atoms with Crippen LogP contribution in [0.3, 0.4) is 0 Å². The molecule has 192 valence electrons. The van der Waals surface area contributed by atoms with Gasteiger partial charge in [0.2, 0.25) is 0 Å². The van der Waals surface area contributed by atoms with E-state index in [0.29, 0.717) is 47.4 Å². The molecule has 0 spiro atoms. The van der Waals surface area contributed by atoms with Crippen LogP contribution in [0.15, 0.2) is 72.9 Å². The van der Waals surface area contributed by atoms with E-state index in [0.717, 1.165) is 10.9 Å². The number of halogens is 1. The molecule has 0 aliphatic carbocycles. The van der Waals surface area contributed by atoms with Gasteiger partial charge in [0.25, 0.3) is 0 Å². The Morgan fingerprint density at radius 2 is 1.78 bits per heavy atom. The van der Waals surface area contributed by atoms with E-state index < -0.39 is 6.09 Å². The van der Waals surface area contributed by atoms with Gasteiger partial charge < -0.3 is 18.9 Å². The average molecular weight is 525 g/mol. The second-order valence-corrected chi connectivity index (χ2v) is 8.03. The molecule has 0 aliphatic heterocycles. The molecule has 1 aromatic heterocycles. The summed E-state index contributed by atoms with van der Waals surface area (Å²) in [4.78, 5) is 26.6. The van der Waals surface area contributed by atoms with Gasteiger partial charge in [0.1, 0.15) is 36.2 Å². The largest absolute Gasteiger partial charge is 0.491 e. The van der Waals surface area contributed by atoms with E-state index in [4.69, 9.17) is 40.3 Å². The van der Waals surface area contributed by atoms with Gasteiger partial charge in [0.15, 0.2) is 0 Å². The summed E-state index contributed by atoms with van der Waals surface area (Å²) in [5, 5.41) is 3.64. The number of rotatable bonds is 11. The number of anilines is 1. The Morgan fingerprint density at radius 1 is 0.946 bits per heavy atom. The fourth-order valence-electron chi connectivity index (χ4n) is 3.41. The van der Waals surface area contributed by atoms with E-state index in [9.17, 15) is 4.79 Å². The summed E-state index contributed by atoms with van der Waals surface area (Å²) in [6.45, 7) is 0.971. The first-order valence-corrected chi connectivity index (χ1v) is 11.7. The van der Waals surface area contributed by atoms with E-state index in [2.05, 4.69) is 10.3 Å². The zero-order valence-electron chi connectivity index (χ0n) is 20.2. The molecule has 0 saturated heterocycles. The third-order valence-corrected chi connectivity index (χ3v) is 5.43. The molecule has 0 bridgehead atoms. The number of hydrogen-bond acceptors (Lipinski definition) is 8. The molecule has 1 amide bonds. The maximum Gasteiger partial charge on any atom is 0.417 e. The molecule has 3 aromatic carbocycles. The minimum Gasteiger partial charge on any atom is -0.491 e. The number of aromatic nitrogens is 1. The Hall–Kier alpha value is -3.89. The minimum atomic E-state index is -0.656. The van der Waals surface area contributed by atoms with Crippen molar-refractivity contribution in [2.75, 3.05) is 32.8 Å². The molecule has 9 nitrogen and oxygen atoms in total. The quantitative estimate of drug-likeness (QED) is 0.137. The highest BCUT2D eigenvalue weighted by Crippen LogP contribution is 2.35. The number of fused-ring (bicyclic) bond motifs is 1. The van der Waals surface area contributed by atoms with Crippen molar-refractivity contribution in [2.24, 2.45) is 0 Å². The molecule has 0 unspecified atom stereocenters. The Bertz CT molecular complexity index is 1350. The molecule has 0 fully saturated rings. The van der Waals surface area contributed by atoms with Crippen LogP contribution in [0.25, 0.3) is 10.9 Å². The highest BCUT2D eigenvalue weighted by Gasteiger charge is 2.14. The molecule has 1 N–H and O–H groups in total. The van der Waals surface area contributed by atoms with Crippen molar-refractivity contribution in [1.29, 1.82) is 0 Å². The summed E-state index contributed by atoms with van der Waals surface area (Å²) in [7, 11) is 3.04. The lowest BCUT2D eigenvalue weighted by atomic mass is 10.1. The Kier molecular flexibility index (Phi) is 9.12. The van der Waals surface area contributed by atoms with E-state index in [1.54, 1.807) is 61.8 Å². The van der Waals surface area contributed by atoms with Crippen molar-refractivity contribution < 1.29 is 33.5 Å². The topological polar surface area (TPSA) is 97.4 Å². The SMILES string of the molecule is COCCOc1cc2nccc(Oc3ccc(NC(=O)Oc4ccccc4)c(Cl)c3)c2cc1COOC. The predicted octanol–water partition coefficient (Wildman–Crippen LogP) is 6.39. The summed E-state index contributed by atoms with van der Waals surface area (Å²) in [5.74, 6) is 2.04. The number of nitrogens with zero attached hydrogens (tertiary/aromatic N) is 1. The van der Waals surface area contributed by atoms with Crippen LogP contribution < -0.4 is 19.5 Å². The zero-order valence-corrected chi connectivity index (χ0v) is 21.0. The second-order valence-electron chi connectivity index (χ2n) is 7.63. The summed E-state index contributed by atoms with van der Waals surface area (Å²) in [5.41, 5.74) is 1.79. The molecule has 10 heteroatoms. The van der Waals surface area contributed by atoms with Gasteiger partial charge in [0.05, 0.1) is 29.9 Å². The smallest absolute Gasteiger partial charge is 0.417 e. The number of amides is 1. The van der Waals surface area contributed by atoms with E-state index >= 15 is 0 Å². The van der Waals surface area contributed by atoms with Gasteiger partial charge in [-0.05, 0) is 36.4 Å². The normalized spacial score (nSPS) is 10.8. The van der Waals surface area contributed by atoms with Gasteiger partial charge in [-0.25, -0.2) is 14.6 Å².